The number of para-hydroxylation sites is 1. The average molecular weight is 352 g/mol. The minimum atomic E-state index is -0.439. The second kappa shape index (κ2) is 7.15. The minimum absolute atomic E-state index is 0.0240. The van der Waals surface area contributed by atoms with Gasteiger partial charge in [0.15, 0.2) is 0 Å². The van der Waals surface area contributed by atoms with E-state index in [1.807, 2.05) is 30.3 Å². The average Bonchev–Trinajstić information content (AvgIpc) is 2.62. The minimum Gasteiger partial charge on any atom is -0.355 e. The van der Waals surface area contributed by atoms with Crippen LogP contribution in [0.4, 0.5) is 17.1 Å². The third-order valence-electron chi connectivity index (χ3n) is 3.73. The van der Waals surface area contributed by atoms with Gasteiger partial charge in [-0.15, -0.1) is 0 Å². The van der Waals surface area contributed by atoms with Crippen LogP contribution in [0.15, 0.2) is 66.7 Å². The highest BCUT2D eigenvalue weighted by atomic mass is 35.5. The van der Waals surface area contributed by atoms with E-state index in [9.17, 15) is 10.1 Å². The van der Waals surface area contributed by atoms with Gasteiger partial charge in [0.1, 0.15) is 0 Å². The van der Waals surface area contributed by atoms with Gasteiger partial charge in [-0.3, -0.25) is 10.1 Å². The van der Waals surface area contributed by atoms with E-state index in [0.29, 0.717) is 21.7 Å². The monoisotopic (exact) mass is 351 g/mol. The molecule has 0 amide bonds. The van der Waals surface area contributed by atoms with Gasteiger partial charge >= 0.3 is 0 Å². The number of hydrogen-bond donors (Lipinski definition) is 2. The van der Waals surface area contributed by atoms with Crippen LogP contribution in [-0.4, -0.2) is 11.1 Å². The summed E-state index contributed by atoms with van der Waals surface area (Å²) in [5.41, 5.74) is 3.29. The molecule has 25 heavy (non-hydrogen) atoms. The quantitative estimate of drug-likeness (QED) is 0.354. The standard InChI is InChI=1S/C19H14ClN3O2/c20-15-7-9-19(23(24)25)17(11-15)13-6-8-18(14(10-13)12-21)22-16-4-2-1-3-5-16/h1-12,21-22H. The molecule has 0 aromatic heterocycles. The van der Waals surface area contributed by atoms with Crippen molar-refractivity contribution >= 4 is 34.9 Å². The van der Waals surface area contributed by atoms with E-state index in [-0.39, 0.29) is 5.69 Å². The molecule has 0 heterocycles. The normalized spacial score (nSPS) is 10.3. The lowest BCUT2D eigenvalue weighted by atomic mass is 10.0. The molecule has 3 aromatic carbocycles. The van der Waals surface area contributed by atoms with Gasteiger partial charge in [-0.25, -0.2) is 0 Å². The first kappa shape index (κ1) is 16.7. The number of nitro groups is 1. The van der Waals surface area contributed by atoms with Crippen LogP contribution in [0.3, 0.4) is 0 Å². The van der Waals surface area contributed by atoms with Crippen molar-refractivity contribution in [2.45, 2.75) is 0 Å². The van der Waals surface area contributed by atoms with Crippen LogP contribution in [-0.2, 0) is 0 Å². The van der Waals surface area contributed by atoms with Crippen molar-refractivity contribution in [2.24, 2.45) is 0 Å². The zero-order valence-corrected chi connectivity index (χ0v) is 13.8. The first-order valence-corrected chi connectivity index (χ1v) is 7.87. The molecule has 0 aliphatic rings. The first-order valence-electron chi connectivity index (χ1n) is 7.49. The summed E-state index contributed by atoms with van der Waals surface area (Å²) >= 11 is 6.00. The van der Waals surface area contributed by atoms with Crippen molar-refractivity contribution in [3.05, 3.63) is 87.4 Å². The summed E-state index contributed by atoms with van der Waals surface area (Å²) in [5.74, 6) is 0. The van der Waals surface area contributed by atoms with Gasteiger partial charge in [-0.05, 0) is 42.0 Å². The molecule has 0 radical (unpaired) electrons. The number of hydrogen-bond acceptors (Lipinski definition) is 4. The molecular formula is C19H14ClN3O2. The fourth-order valence-electron chi connectivity index (χ4n) is 2.54. The molecule has 124 valence electrons. The van der Waals surface area contributed by atoms with E-state index in [4.69, 9.17) is 17.0 Å². The molecule has 0 saturated carbocycles. The number of anilines is 2. The van der Waals surface area contributed by atoms with Gasteiger partial charge in [0.2, 0.25) is 0 Å². The predicted molar refractivity (Wildman–Crippen MR) is 101 cm³/mol. The number of halogens is 1. The second-order valence-electron chi connectivity index (χ2n) is 5.36. The fourth-order valence-corrected chi connectivity index (χ4v) is 2.71. The van der Waals surface area contributed by atoms with Gasteiger partial charge in [0, 0.05) is 34.2 Å². The van der Waals surface area contributed by atoms with Crippen LogP contribution < -0.4 is 5.32 Å². The van der Waals surface area contributed by atoms with Gasteiger partial charge in [0.05, 0.1) is 10.5 Å². The molecule has 0 saturated heterocycles. The Labute approximate surface area is 149 Å². The molecule has 5 nitrogen and oxygen atoms in total. The predicted octanol–water partition coefficient (Wildman–Crippen LogP) is 5.66. The largest absolute Gasteiger partial charge is 0.355 e. The fraction of sp³-hybridized carbons (Fsp3) is 0. The molecule has 0 spiro atoms. The smallest absolute Gasteiger partial charge is 0.277 e. The molecule has 0 bridgehead atoms. The van der Waals surface area contributed by atoms with Crippen LogP contribution in [0.2, 0.25) is 5.02 Å². The van der Waals surface area contributed by atoms with E-state index in [1.165, 1.54) is 18.3 Å². The summed E-state index contributed by atoms with van der Waals surface area (Å²) in [6.07, 6.45) is 1.21. The maximum absolute atomic E-state index is 11.3. The Morgan fingerprint density at radius 1 is 1.04 bits per heavy atom. The van der Waals surface area contributed by atoms with E-state index < -0.39 is 4.92 Å². The van der Waals surface area contributed by atoms with Gasteiger partial charge in [-0.2, -0.15) is 0 Å². The highest BCUT2D eigenvalue weighted by Crippen LogP contribution is 2.34. The molecule has 3 aromatic rings. The number of nitrogens with one attached hydrogen (secondary N) is 2. The molecule has 0 aliphatic heterocycles. The lowest BCUT2D eigenvalue weighted by molar-refractivity contribution is -0.384. The van der Waals surface area contributed by atoms with Crippen molar-refractivity contribution < 1.29 is 4.92 Å². The van der Waals surface area contributed by atoms with Crippen molar-refractivity contribution in [1.29, 1.82) is 5.41 Å². The summed E-state index contributed by atoms with van der Waals surface area (Å²) in [7, 11) is 0. The van der Waals surface area contributed by atoms with Gasteiger partial charge < -0.3 is 10.7 Å². The lowest BCUT2D eigenvalue weighted by Gasteiger charge is -2.12. The summed E-state index contributed by atoms with van der Waals surface area (Å²) in [6.45, 7) is 0. The molecular weight excluding hydrogens is 338 g/mol. The maximum Gasteiger partial charge on any atom is 0.277 e. The highest BCUT2D eigenvalue weighted by Gasteiger charge is 2.16. The number of nitrogens with zero attached hydrogens (tertiary/aromatic N) is 1. The van der Waals surface area contributed by atoms with E-state index >= 15 is 0 Å². The Balaban J connectivity index is 2.04. The third-order valence-corrected chi connectivity index (χ3v) is 3.96. The first-order chi connectivity index (χ1) is 12.1. The van der Waals surface area contributed by atoms with Crippen LogP contribution in [0.25, 0.3) is 11.1 Å². The zero-order chi connectivity index (χ0) is 17.8. The van der Waals surface area contributed by atoms with E-state index in [1.54, 1.807) is 24.3 Å². The zero-order valence-electron chi connectivity index (χ0n) is 13.1. The van der Waals surface area contributed by atoms with Crippen LogP contribution in [0, 0.1) is 15.5 Å². The molecule has 0 unspecified atom stereocenters. The molecule has 0 atom stereocenters. The second-order valence-corrected chi connectivity index (χ2v) is 5.79. The Morgan fingerprint density at radius 3 is 2.48 bits per heavy atom. The third kappa shape index (κ3) is 3.67. The lowest BCUT2D eigenvalue weighted by Crippen LogP contribution is -1.97. The van der Waals surface area contributed by atoms with E-state index in [2.05, 4.69) is 5.32 Å². The van der Waals surface area contributed by atoms with Crippen LogP contribution >= 0.6 is 11.6 Å². The molecule has 3 rings (SSSR count). The molecule has 6 heteroatoms. The highest BCUT2D eigenvalue weighted by molar-refractivity contribution is 6.31. The SMILES string of the molecule is N=Cc1cc(-c2cc(Cl)ccc2[N+](=O)[O-])ccc1Nc1ccccc1. The summed E-state index contributed by atoms with van der Waals surface area (Å²) < 4.78 is 0. The van der Waals surface area contributed by atoms with Crippen molar-refractivity contribution in [3.8, 4) is 11.1 Å². The Hall–Kier alpha value is -3.18. The molecule has 2 N–H and O–H groups in total. The number of rotatable bonds is 5. The van der Waals surface area contributed by atoms with Gasteiger partial charge in [-0.1, -0.05) is 35.9 Å². The van der Waals surface area contributed by atoms with E-state index in [0.717, 1.165) is 11.4 Å². The summed E-state index contributed by atoms with van der Waals surface area (Å²) in [6, 6.07) is 19.3. The summed E-state index contributed by atoms with van der Waals surface area (Å²) in [4.78, 5) is 10.8. The van der Waals surface area contributed by atoms with Gasteiger partial charge in [0.25, 0.3) is 5.69 Å². The van der Waals surface area contributed by atoms with Crippen molar-refractivity contribution in [1.82, 2.24) is 0 Å². The molecule has 0 aliphatic carbocycles. The molecule has 0 fully saturated rings. The Kier molecular flexibility index (Phi) is 4.77. The Bertz CT molecular complexity index is 943. The number of benzene rings is 3. The van der Waals surface area contributed by atoms with Crippen molar-refractivity contribution in [2.75, 3.05) is 5.32 Å². The van der Waals surface area contributed by atoms with Crippen LogP contribution in [0.1, 0.15) is 5.56 Å². The van der Waals surface area contributed by atoms with Crippen molar-refractivity contribution in [3.63, 3.8) is 0 Å². The maximum atomic E-state index is 11.3. The number of nitro benzene ring substituents is 1. The Morgan fingerprint density at radius 2 is 1.80 bits per heavy atom. The summed E-state index contributed by atoms with van der Waals surface area (Å²) in [5, 5.41) is 22.6. The topological polar surface area (TPSA) is 79.0 Å². The van der Waals surface area contributed by atoms with Crippen LogP contribution in [0.5, 0.6) is 0 Å².